The smallest absolute Gasteiger partial charge is 0.306 e. The number of carbonyl (C=O) groups is 1. The van der Waals surface area contributed by atoms with Crippen LogP contribution < -0.4 is 0 Å². The van der Waals surface area contributed by atoms with Gasteiger partial charge >= 0.3 is 5.97 Å². The number of esters is 1. The topological polar surface area (TPSA) is 26.3 Å². The third kappa shape index (κ3) is 4.68. The fourth-order valence-corrected chi connectivity index (χ4v) is 0.641. The third-order valence-corrected chi connectivity index (χ3v) is 1.45. The lowest BCUT2D eigenvalue weighted by atomic mass is 10.3. The molecule has 0 N–H and O–H groups in total. The molecule has 0 radical (unpaired) electrons. The lowest BCUT2D eigenvalue weighted by Crippen LogP contribution is -2.13. The first-order valence-electron chi connectivity index (χ1n) is 3.51. The van der Waals surface area contributed by atoms with Crippen molar-refractivity contribution in [3.8, 4) is 0 Å². The van der Waals surface area contributed by atoms with Crippen LogP contribution in [0.4, 0.5) is 0 Å². The van der Waals surface area contributed by atoms with Gasteiger partial charge in [-0.15, -0.1) is 0 Å². The monoisotopic (exact) mass is 162 g/mol. The molecule has 0 spiro atoms. The van der Waals surface area contributed by atoms with Crippen molar-refractivity contribution >= 4 is 18.6 Å². The summed E-state index contributed by atoms with van der Waals surface area (Å²) in [5, 5.41) is 0. The first-order valence-corrected chi connectivity index (χ1v) is 4.14. The highest BCUT2D eigenvalue weighted by Crippen LogP contribution is 1.98. The third-order valence-electron chi connectivity index (χ3n) is 1.22. The van der Waals surface area contributed by atoms with Gasteiger partial charge in [-0.25, -0.2) is 0 Å². The van der Waals surface area contributed by atoms with Crippen molar-refractivity contribution in [3.63, 3.8) is 0 Å². The zero-order chi connectivity index (χ0) is 7.98. The number of carbonyl (C=O) groups excluding carboxylic acids is 1. The molecular weight excluding hydrogens is 148 g/mol. The average Bonchev–Trinajstić information content (AvgIpc) is 1.88. The summed E-state index contributed by atoms with van der Waals surface area (Å²) in [7, 11) is 0. The van der Waals surface area contributed by atoms with E-state index in [1.807, 2.05) is 13.8 Å². The largest absolute Gasteiger partial charge is 0.463 e. The minimum absolute atomic E-state index is 0.0485. The molecule has 60 valence electrons. The second kappa shape index (κ2) is 5.59. The van der Waals surface area contributed by atoms with Crippen LogP contribution in [0.1, 0.15) is 26.7 Å². The zero-order valence-corrected chi connectivity index (χ0v) is 7.36. The predicted octanol–water partition coefficient (Wildman–Crippen LogP) is 1.65. The molecule has 0 aromatic carbocycles. The maximum Gasteiger partial charge on any atom is 0.306 e. The van der Waals surface area contributed by atoms with Gasteiger partial charge in [-0.3, -0.25) is 4.79 Å². The fourth-order valence-electron chi connectivity index (χ4n) is 0.458. The van der Waals surface area contributed by atoms with Crippen molar-refractivity contribution < 1.29 is 9.53 Å². The summed E-state index contributed by atoms with van der Waals surface area (Å²) in [6.45, 7) is 3.87. The van der Waals surface area contributed by atoms with Gasteiger partial charge in [-0.1, -0.05) is 6.92 Å². The van der Waals surface area contributed by atoms with Crippen molar-refractivity contribution in [1.29, 1.82) is 0 Å². The van der Waals surface area contributed by atoms with Gasteiger partial charge in [0.15, 0.2) is 0 Å². The van der Waals surface area contributed by atoms with Crippen LogP contribution in [0.15, 0.2) is 0 Å². The molecule has 0 heterocycles. The van der Waals surface area contributed by atoms with Gasteiger partial charge < -0.3 is 4.74 Å². The molecule has 0 aliphatic heterocycles. The van der Waals surface area contributed by atoms with Crippen LogP contribution in [-0.2, 0) is 9.53 Å². The summed E-state index contributed by atoms with van der Waals surface area (Å²) in [5.74, 6) is 0.416. The number of thiol groups is 1. The molecule has 0 bridgehead atoms. The van der Waals surface area contributed by atoms with E-state index in [-0.39, 0.29) is 12.1 Å². The van der Waals surface area contributed by atoms with E-state index in [4.69, 9.17) is 4.74 Å². The summed E-state index contributed by atoms with van der Waals surface area (Å²) in [5.41, 5.74) is 0. The molecule has 0 aromatic rings. The van der Waals surface area contributed by atoms with E-state index in [2.05, 4.69) is 12.6 Å². The summed E-state index contributed by atoms with van der Waals surface area (Å²) < 4.78 is 4.95. The predicted molar refractivity (Wildman–Crippen MR) is 44.3 cm³/mol. The van der Waals surface area contributed by atoms with E-state index in [0.29, 0.717) is 12.2 Å². The van der Waals surface area contributed by atoms with E-state index >= 15 is 0 Å². The van der Waals surface area contributed by atoms with E-state index in [9.17, 15) is 4.79 Å². The Kier molecular flexibility index (Phi) is 5.49. The fraction of sp³-hybridized carbons (Fsp3) is 0.857. The molecule has 1 atom stereocenters. The van der Waals surface area contributed by atoms with Gasteiger partial charge in [-0.2, -0.15) is 12.6 Å². The van der Waals surface area contributed by atoms with Gasteiger partial charge in [0.1, 0.15) is 0 Å². The lowest BCUT2D eigenvalue weighted by molar-refractivity contribution is -0.147. The summed E-state index contributed by atoms with van der Waals surface area (Å²) >= 11 is 3.91. The summed E-state index contributed by atoms with van der Waals surface area (Å²) in [6, 6.07) is 0. The molecule has 10 heavy (non-hydrogen) atoms. The molecule has 1 unspecified atom stereocenters. The number of hydrogen-bond acceptors (Lipinski definition) is 3. The molecule has 0 amide bonds. The van der Waals surface area contributed by atoms with Crippen molar-refractivity contribution in [1.82, 2.24) is 0 Å². The number of rotatable bonds is 4. The molecule has 0 aliphatic carbocycles. The quantitative estimate of drug-likeness (QED) is 0.502. The highest BCUT2D eigenvalue weighted by Gasteiger charge is 2.04. The normalized spacial score (nSPS) is 12.7. The summed E-state index contributed by atoms with van der Waals surface area (Å²) in [6.07, 6.45) is 1.33. The Morgan fingerprint density at radius 3 is 2.70 bits per heavy atom. The maximum atomic E-state index is 10.7. The van der Waals surface area contributed by atoms with Crippen molar-refractivity contribution in [2.24, 2.45) is 0 Å². The van der Waals surface area contributed by atoms with Crippen LogP contribution in [0.25, 0.3) is 0 Å². The van der Waals surface area contributed by atoms with Crippen molar-refractivity contribution in [2.45, 2.75) is 32.8 Å². The second-order valence-electron chi connectivity index (χ2n) is 2.18. The van der Waals surface area contributed by atoms with Crippen LogP contribution in [0.5, 0.6) is 0 Å². The number of ether oxygens (including phenoxy) is 1. The maximum absolute atomic E-state index is 10.7. The molecule has 0 aromatic heterocycles. The Morgan fingerprint density at radius 2 is 2.30 bits per heavy atom. The first-order chi connectivity index (χ1) is 4.70. The van der Waals surface area contributed by atoms with Gasteiger partial charge in [-0.05, 0) is 13.3 Å². The minimum atomic E-state index is -0.149. The highest BCUT2D eigenvalue weighted by molar-refractivity contribution is 7.80. The standard InChI is InChI=1S/C7H14O2S/c1-3-6(2)9-7(8)4-5-10/h6,10H,3-5H2,1-2H3. The van der Waals surface area contributed by atoms with E-state index in [0.717, 1.165) is 6.42 Å². The minimum Gasteiger partial charge on any atom is -0.463 e. The lowest BCUT2D eigenvalue weighted by Gasteiger charge is -2.09. The Hall–Kier alpha value is -0.180. The molecule has 3 heteroatoms. The Bertz CT molecular complexity index is 104. The van der Waals surface area contributed by atoms with E-state index in [1.165, 1.54) is 0 Å². The molecule has 0 saturated heterocycles. The first kappa shape index (κ1) is 9.82. The molecular formula is C7H14O2S. The SMILES string of the molecule is CCC(C)OC(=O)CCS. The van der Waals surface area contributed by atoms with Gasteiger partial charge in [0.05, 0.1) is 12.5 Å². The van der Waals surface area contributed by atoms with Gasteiger partial charge in [0, 0.05) is 5.75 Å². The number of hydrogen-bond donors (Lipinski definition) is 1. The van der Waals surface area contributed by atoms with Crippen LogP contribution in [0.2, 0.25) is 0 Å². The van der Waals surface area contributed by atoms with Crippen LogP contribution in [0, 0.1) is 0 Å². The van der Waals surface area contributed by atoms with E-state index < -0.39 is 0 Å². The molecule has 2 nitrogen and oxygen atoms in total. The average molecular weight is 162 g/mol. The Balaban J connectivity index is 3.37. The van der Waals surface area contributed by atoms with Crippen LogP contribution in [0.3, 0.4) is 0 Å². The van der Waals surface area contributed by atoms with Gasteiger partial charge in [0.2, 0.25) is 0 Å². The van der Waals surface area contributed by atoms with E-state index in [1.54, 1.807) is 0 Å². The van der Waals surface area contributed by atoms with Crippen LogP contribution in [-0.4, -0.2) is 17.8 Å². The molecule has 0 rings (SSSR count). The molecule has 0 aliphatic rings. The zero-order valence-electron chi connectivity index (χ0n) is 6.46. The highest BCUT2D eigenvalue weighted by atomic mass is 32.1. The Labute approximate surface area is 67.4 Å². The van der Waals surface area contributed by atoms with Crippen molar-refractivity contribution in [2.75, 3.05) is 5.75 Å². The van der Waals surface area contributed by atoms with Crippen LogP contribution >= 0.6 is 12.6 Å². The molecule has 0 fully saturated rings. The summed E-state index contributed by atoms with van der Waals surface area (Å²) in [4.78, 5) is 10.7. The molecule has 0 saturated carbocycles. The van der Waals surface area contributed by atoms with Crippen molar-refractivity contribution in [3.05, 3.63) is 0 Å². The van der Waals surface area contributed by atoms with Gasteiger partial charge in [0.25, 0.3) is 0 Å². The Morgan fingerprint density at radius 1 is 1.70 bits per heavy atom. The second-order valence-corrected chi connectivity index (χ2v) is 2.63.